The first-order chi connectivity index (χ1) is 8.15. The summed E-state index contributed by atoms with van der Waals surface area (Å²) >= 11 is 18.1. The van der Waals surface area contributed by atoms with Crippen molar-refractivity contribution in [2.24, 2.45) is 0 Å². The van der Waals surface area contributed by atoms with Crippen LogP contribution in [0.25, 0.3) is 0 Å². The summed E-state index contributed by atoms with van der Waals surface area (Å²) in [6.07, 6.45) is 0. The Bertz CT molecular complexity index is 367. The SMILES string of the molecule is Cc1c(CBr)c(CBr)c(CBr)c(CBr)c1CBr. The summed E-state index contributed by atoms with van der Waals surface area (Å²) in [5, 5.41) is 4.51. The van der Waals surface area contributed by atoms with Gasteiger partial charge in [0.2, 0.25) is 0 Å². The Labute approximate surface area is 145 Å². The Balaban J connectivity index is 3.66. The van der Waals surface area contributed by atoms with Crippen molar-refractivity contribution in [3.05, 3.63) is 33.4 Å². The Morgan fingerprint density at radius 3 is 1.00 bits per heavy atom. The summed E-state index contributed by atoms with van der Waals surface area (Å²) < 4.78 is 0. The summed E-state index contributed by atoms with van der Waals surface area (Å²) in [6, 6.07) is 0. The molecule has 0 heterocycles. The standard InChI is InChI=1S/C12H13Br5/c1-7-8(2-13)10(4-15)12(6-17)11(5-16)9(7)3-14/h2-6H2,1H3. The van der Waals surface area contributed by atoms with Crippen molar-refractivity contribution in [1.82, 2.24) is 0 Å². The van der Waals surface area contributed by atoms with E-state index in [1.54, 1.807) is 0 Å². The topological polar surface area (TPSA) is 0 Å². The van der Waals surface area contributed by atoms with Gasteiger partial charge in [-0.05, 0) is 40.3 Å². The highest BCUT2D eigenvalue weighted by molar-refractivity contribution is 9.09. The molecule has 5 heteroatoms. The van der Waals surface area contributed by atoms with Crippen LogP contribution in [0.1, 0.15) is 33.4 Å². The first-order valence-electron chi connectivity index (χ1n) is 5.10. The maximum absolute atomic E-state index is 3.62. The van der Waals surface area contributed by atoms with Crippen LogP contribution in [0.5, 0.6) is 0 Å². The van der Waals surface area contributed by atoms with Crippen molar-refractivity contribution in [1.29, 1.82) is 0 Å². The summed E-state index contributed by atoms with van der Waals surface area (Å²) in [4.78, 5) is 0. The third-order valence-corrected chi connectivity index (χ3v) is 5.83. The van der Waals surface area contributed by atoms with Crippen molar-refractivity contribution >= 4 is 79.6 Å². The van der Waals surface area contributed by atoms with E-state index in [1.807, 2.05) is 0 Å². The minimum Gasteiger partial charge on any atom is -0.0876 e. The zero-order valence-electron chi connectivity index (χ0n) is 9.43. The predicted octanol–water partition coefficient (Wildman–Crippen LogP) is 6.47. The highest BCUT2D eigenvalue weighted by Gasteiger charge is 2.18. The van der Waals surface area contributed by atoms with Gasteiger partial charge in [-0.2, -0.15) is 0 Å². The van der Waals surface area contributed by atoms with Crippen LogP contribution in [-0.4, -0.2) is 0 Å². The summed E-state index contributed by atoms with van der Waals surface area (Å²) in [6.45, 7) is 2.21. The van der Waals surface area contributed by atoms with E-state index in [9.17, 15) is 0 Å². The quantitative estimate of drug-likeness (QED) is 0.365. The second-order valence-corrected chi connectivity index (χ2v) is 6.49. The smallest absolute Gasteiger partial charge is 0.0289 e. The van der Waals surface area contributed by atoms with Crippen LogP contribution in [0.2, 0.25) is 0 Å². The molecule has 0 spiro atoms. The Morgan fingerprint density at radius 1 is 0.529 bits per heavy atom. The minimum absolute atomic E-state index is 0.898. The van der Waals surface area contributed by atoms with Crippen molar-refractivity contribution in [2.45, 2.75) is 33.6 Å². The number of hydrogen-bond acceptors (Lipinski definition) is 0. The molecule has 0 aliphatic rings. The van der Waals surface area contributed by atoms with Gasteiger partial charge < -0.3 is 0 Å². The fourth-order valence-corrected chi connectivity index (χ4v) is 5.58. The number of alkyl halides is 5. The lowest BCUT2D eigenvalue weighted by Gasteiger charge is -2.21. The number of rotatable bonds is 5. The van der Waals surface area contributed by atoms with E-state index >= 15 is 0 Å². The van der Waals surface area contributed by atoms with Gasteiger partial charge in [0.1, 0.15) is 0 Å². The van der Waals surface area contributed by atoms with E-state index in [1.165, 1.54) is 33.4 Å². The van der Waals surface area contributed by atoms with E-state index < -0.39 is 0 Å². The highest BCUT2D eigenvalue weighted by Crippen LogP contribution is 2.34. The van der Waals surface area contributed by atoms with Crippen LogP contribution in [-0.2, 0) is 26.7 Å². The van der Waals surface area contributed by atoms with Crippen LogP contribution in [0.4, 0.5) is 0 Å². The van der Waals surface area contributed by atoms with Gasteiger partial charge in [0.15, 0.2) is 0 Å². The van der Waals surface area contributed by atoms with E-state index in [2.05, 4.69) is 86.6 Å². The Hall–Kier alpha value is 1.62. The minimum atomic E-state index is 0.898. The van der Waals surface area contributed by atoms with Crippen LogP contribution < -0.4 is 0 Å². The summed E-state index contributed by atoms with van der Waals surface area (Å²) in [5.74, 6) is 0. The van der Waals surface area contributed by atoms with Crippen molar-refractivity contribution in [3.63, 3.8) is 0 Å². The highest BCUT2D eigenvalue weighted by atomic mass is 79.9. The lowest BCUT2D eigenvalue weighted by Crippen LogP contribution is -2.07. The molecule has 0 radical (unpaired) electrons. The molecule has 0 aromatic heterocycles. The molecule has 0 bridgehead atoms. The van der Waals surface area contributed by atoms with Gasteiger partial charge in [0.05, 0.1) is 0 Å². The number of benzene rings is 1. The zero-order chi connectivity index (χ0) is 13.0. The molecule has 0 unspecified atom stereocenters. The fraction of sp³-hybridized carbons (Fsp3) is 0.500. The predicted molar refractivity (Wildman–Crippen MR) is 94.3 cm³/mol. The maximum Gasteiger partial charge on any atom is 0.0289 e. The molecule has 1 aromatic carbocycles. The first-order valence-corrected chi connectivity index (χ1v) is 10.7. The molecule has 0 nitrogen and oxygen atoms in total. The van der Waals surface area contributed by atoms with E-state index in [0.29, 0.717) is 0 Å². The number of hydrogen-bond donors (Lipinski definition) is 0. The zero-order valence-corrected chi connectivity index (χ0v) is 17.4. The molecule has 0 saturated carbocycles. The van der Waals surface area contributed by atoms with Crippen LogP contribution >= 0.6 is 79.6 Å². The van der Waals surface area contributed by atoms with Crippen LogP contribution in [0.3, 0.4) is 0 Å². The van der Waals surface area contributed by atoms with Crippen molar-refractivity contribution < 1.29 is 0 Å². The second kappa shape index (κ2) is 8.03. The van der Waals surface area contributed by atoms with Crippen molar-refractivity contribution in [3.8, 4) is 0 Å². The molecule has 1 rings (SSSR count). The molecule has 0 aliphatic carbocycles. The normalized spacial score (nSPS) is 10.9. The van der Waals surface area contributed by atoms with Gasteiger partial charge in [-0.15, -0.1) is 0 Å². The van der Waals surface area contributed by atoms with Gasteiger partial charge in [0.25, 0.3) is 0 Å². The summed E-state index contributed by atoms with van der Waals surface area (Å²) in [5.41, 5.74) is 8.46. The van der Waals surface area contributed by atoms with Gasteiger partial charge in [-0.3, -0.25) is 0 Å². The molecule has 0 atom stereocenters. The Kier molecular flexibility index (Phi) is 7.88. The molecule has 17 heavy (non-hydrogen) atoms. The monoisotopic (exact) mass is 552 g/mol. The maximum atomic E-state index is 3.62. The van der Waals surface area contributed by atoms with E-state index in [4.69, 9.17) is 0 Å². The van der Waals surface area contributed by atoms with Crippen molar-refractivity contribution in [2.75, 3.05) is 0 Å². The van der Waals surface area contributed by atoms with Crippen LogP contribution in [0, 0.1) is 6.92 Å². The largest absolute Gasteiger partial charge is 0.0876 e. The lowest BCUT2D eigenvalue weighted by molar-refractivity contribution is 1.10. The van der Waals surface area contributed by atoms with Crippen LogP contribution in [0.15, 0.2) is 0 Å². The third kappa shape index (κ3) is 3.39. The molecule has 0 amide bonds. The van der Waals surface area contributed by atoms with Gasteiger partial charge >= 0.3 is 0 Å². The second-order valence-electron chi connectivity index (χ2n) is 3.69. The third-order valence-electron chi connectivity index (χ3n) is 3.03. The van der Waals surface area contributed by atoms with E-state index in [0.717, 1.165) is 26.7 Å². The average molecular weight is 557 g/mol. The summed E-state index contributed by atoms with van der Waals surface area (Å²) in [7, 11) is 0. The molecule has 0 fully saturated rings. The number of halogens is 5. The van der Waals surface area contributed by atoms with Gasteiger partial charge in [-0.25, -0.2) is 0 Å². The van der Waals surface area contributed by atoms with Gasteiger partial charge in [-0.1, -0.05) is 79.6 Å². The molecule has 96 valence electrons. The molecule has 0 N–H and O–H groups in total. The first kappa shape index (κ1) is 16.7. The molecule has 0 aliphatic heterocycles. The van der Waals surface area contributed by atoms with E-state index in [-0.39, 0.29) is 0 Å². The fourth-order valence-electron chi connectivity index (χ4n) is 2.03. The Morgan fingerprint density at radius 2 is 0.765 bits per heavy atom. The molecule has 1 aromatic rings. The lowest BCUT2D eigenvalue weighted by atomic mass is 9.90. The molecule has 0 saturated heterocycles. The molecular weight excluding hydrogens is 544 g/mol. The molecular formula is C12H13Br5. The van der Waals surface area contributed by atoms with Gasteiger partial charge in [0, 0.05) is 26.7 Å². The average Bonchev–Trinajstić information content (AvgIpc) is 2.36.